The number of carbonyl (C=O) groups is 2. The van der Waals surface area contributed by atoms with Crippen LogP contribution in [0.5, 0.6) is 0 Å². The average molecular weight is 312 g/mol. The number of ether oxygens (including phenoxy) is 2. The van der Waals surface area contributed by atoms with Crippen LogP contribution in [0.1, 0.15) is 34.6 Å². The number of likely N-dealkylation sites (N-methyl/N-ethyl adjacent to an activating group) is 1. The fourth-order valence-corrected chi connectivity index (χ4v) is 3.33. The van der Waals surface area contributed by atoms with Gasteiger partial charge in [0.25, 0.3) is 0 Å². The van der Waals surface area contributed by atoms with Crippen LogP contribution in [-0.2, 0) is 23.9 Å². The molecule has 0 aromatic rings. The third kappa shape index (κ3) is 1.69. The molecule has 7 heteroatoms. The number of hydrogen-bond acceptors (Lipinski definition) is 7. The van der Waals surface area contributed by atoms with E-state index in [1.807, 2.05) is 32.7 Å². The molecule has 22 heavy (non-hydrogen) atoms. The van der Waals surface area contributed by atoms with Crippen molar-refractivity contribution in [2.75, 3.05) is 21.3 Å². The van der Waals surface area contributed by atoms with Crippen molar-refractivity contribution < 1.29 is 23.9 Å². The van der Waals surface area contributed by atoms with Crippen LogP contribution in [0.3, 0.4) is 0 Å². The number of nitrogens with zero attached hydrogens (tertiary/aromatic N) is 2. The van der Waals surface area contributed by atoms with E-state index in [1.165, 1.54) is 14.2 Å². The maximum Gasteiger partial charge on any atom is 0.376 e. The lowest BCUT2D eigenvalue weighted by Gasteiger charge is -2.40. The Balaban J connectivity index is 2.70. The van der Waals surface area contributed by atoms with Gasteiger partial charge in [-0.3, -0.25) is 4.90 Å². The summed E-state index contributed by atoms with van der Waals surface area (Å²) in [6, 6.07) is 0. The molecule has 0 bridgehead atoms. The van der Waals surface area contributed by atoms with Gasteiger partial charge in [0.05, 0.1) is 19.8 Å². The van der Waals surface area contributed by atoms with Crippen LogP contribution in [0.4, 0.5) is 0 Å². The monoisotopic (exact) mass is 312 g/mol. The number of carbonyl (C=O) groups excluding carboxylic acids is 2. The van der Waals surface area contributed by atoms with Gasteiger partial charge in [0.15, 0.2) is 0 Å². The highest BCUT2D eigenvalue weighted by molar-refractivity contribution is 6.01. The van der Waals surface area contributed by atoms with E-state index < -0.39 is 23.1 Å². The molecule has 2 aliphatic heterocycles. The van der Waals surface area contributed by atoms with Crippen molar-refractivity contribution in [3.63, 3.8) is 0 Å². The third-order valence-electron chi connectivity index (χ3n) is 5.54. The summed E-state index contributed by atoms with van der Waals surface area (Å²) in [5, 5.41) is 1.68. The van der Waals surface area contributed by atoms with Crippen LogP contribution in [0.25, 0.3) is 0 Å². The number of methoxy groups -OCH3 is 2. The minimum atomic E-state index is -0.927. The molecule has 7 nitrogen and oxygen atoms in total. The first-order chi connectivity index (χ1) is 9.97. The Kier molecular flexibility index (Phi) is 3.58. The van der Waals surface area contributed by atoms with Gasteiger partial charge in [0, 0.05) is 5.54 Å². The first-order valence-corrected chi connectivity index (χ1v) is 7.11. The second kappa shape index (κ2) is 4.70. The molecule has 0 aliphatic carbocycles. The second-order valence-electron chi connectivity index (χ2n) is 6.77. The van der Waals surface area contributed by atoms with Gasteiger partial charge in [0.2, 0.25) is 5.76 Å². The van der Waals surface area contributed by atoms with Crippen LogP contribution in [0.15, 0.2) is 11.3 Å². The van der Waals surface area contributed by atoms with E-state index in [-0.39, 0.29) is 16.9 Å². The highest BCUT2D eigenvalue weighted by atomic mass is 16.7. The first-order valence-electron chi connectivity index (χ1n) is 7.11. The van der Waals surface area contributed by atoms with Gasteiger partial charge in [-0.2, -0.15) is 0 Å². The smallest absolute Gasteiger partial charge is 0.376 e. The zero-order valence-electron chi connectivity index (χ0n) is 14.4. The molecular formula is C15H24N2O5. The molecular weight excluding hydrogens is 288 g/mol. The van der Waals surface area contributed by atoms with Crippen molar-refractivity contribution in [2.24, 2.45) is 0 Å². The predicted octanol–water partition coefficient (Wildman–Crippen LogP) is 1.05. The molecule has 2 aliphatic rings. The number of hydroxylamine groups is 2. The summed E-state index contributed by atoms with van der Waals surface area (Å²) in [6.45, 7) is 9.97. The van der Waals surface area contributed by atoms with Crippen molar-refractivity contribution in [2.45, 2.75) is 51.4 Å². The lowest BCUT2D eigenvalue weighted by Crippen LogP contribution is -2.53. The molecule has 0 spiro atoms. The lowest BCUT2D eigenvalue weighted by atomic mass is 9.83. The van der Waals surface area contributed by atoms with E-state index in [1.54, 1.807) is 5.06 Å². The molecule has 0 aromatic heterocycles. The molecule has 2 heterocycles. The highest BCUT2D eigenvalue weighted by Gasteiger charge is 2.70. The van der Waals surface area contributed by atoms with E-state index >= 15 is 0 Å². The van der Waals surface area contributed by atoms with Crippen molar-refractivity contribution in [1.29, 1.82) is 0 Å². The summed E-state index contributed by atoms with van der Waals surface area (Å²) < 4.78 is 9.63. The van der Waals surface area contributed by atoms with Crippen molar-refractivity contribution in [3.8, 4) is 0 Å². The van der Waals surface area contributed by atoms with E-state index in [0.717, 1.165) is 0 Å². The van der Waals surface area contributed by atoms with Gasteiger partial charge in [-0.05, 0) is 41.7 Å². The number of fused-ring (bicyclic) bond motifs is 1. The molecule has 0 saturated carbocycles. The predicted molar refractivity (Wildman–Crippen MR) is 78.3 cm³/mol. The van der Waals surface area contributed by atoms with Crippen LogP contribution in [0, 0.1) is 0 Å². The Labute approximate surface area is 130 Å². The Morgan fingerprint density at radius 3 is 1.91 bits per heavy atom. The largest absolute Gasteiger partial charge is 0.465 e. The quantitative estimate of drug-likeness (QED) is 0.706. The second-order valence-corrected chi connectivity index (χ2v) is 6.77. The third-order valence-corrected chi connectivity index (χ3v) is 5.54. The topological polar surface area (TPSA) is 68.3 Å². The Hall–Kier alpha value is -1.60. The van der Waals surface area contributed by atoms with Gasteiger partial charge in [-0.1, -0.05) is 0 Å². The van der Waals surface area contributed by atoms with Crippen LogP contribution in [0.2, 0.25) is 0 Å². The maximum absolute atomic E-state index is 12.3. The highest BCUT2D eigenvalue weighted by Crippen LogP contribution is 2.55. The van der Waals surface area contributed by atoms with Crippen molar-refractivity contribution >= 4 is 11.9 Å². The normalized spacial score (nSPS) is 30.0. The molecule has 1 fully saturated rings. The zero-order valence-corrected chi connectivity index (χ0v) is 14.4. The van der Waals surface area contributed by atoms with Gasteiger partial charge >= 0.3 is 11.9 Å². The molecule has 0 aromatic carbocycles. The maximum atomic E-state index is 12.3. The minimum Gasteiger partial charge on any atom is -0.465 e. The van der Waals surface area contributed by atoms with Crippen LogP contribution < -0.4 is 0 Å². The number of rotatable bonds is 2. The van der Waals surface area contributed by atoms with E-state index in [4.69, 9.17) is 14.3 Å². The lowest BCUT2D eigenvalue weighted by molar-refractivity contribution is -0.202. The zero-order chi connectivity index (χ0) is 17.1. The molecule has 2 rings (SSSR count). The SMILES string of the molecule is COC(=O)C1=C(C(=O)OC)C2(C)N(C)C(C)(C)C(C)(C)N2O1. The summed E-state index contributed by atoms with van der Waals surface area (Å²) in [5.74, 6) is -1.42. The molecule has 0 radical (unpaired) electrons. The molecule has 1 unspecified atom stereocenters. The summed E-state index contributed by atoms with van der Waals surface area (Å²) in [7, 11) is 4.42. The Morgan fingerprint density at radius 2 is 1.45 bits per heavy atom. The summed E-state index contributed by atoms with van der Waals surface area (Å²) in [6.07, 6.45) is 0. The number of esters is 2. The average Bonchev–Trinajstić information content (AvgIpc) is 2.83. The molecule has 0 amide bonds. The fourth-order valence-electron chi connectivity index (χ4n) is 3.33. The summed E-state index contributed by atoms with van der Waals surface area (Å²) in [5.41, 5.74) is -1.55. The van der Waals surface area contributed by atoms with Crippen LogP contribution in [-0.4, -0.2) is 59.9 Å². The summed E-state index contributed by atoms with van der Waals surface area (Å²) >= 11 is 0. The minimum absolute atomic E-state index is 0.118. The van der Waals surface area contributed by atoms with E-state index in [2.05, 4.69) is 13.8 Å². The fraction of sp³-hybridized carbons (Fsp3) is 0.733. The van der Waals surface area contributed by atoms with Crippen LogP contribution >= 0.6 is 0 Å². The van der Waals surface area contributed by atoms with E-state index in [9.17, 15) is 9.59 Å². The number of hydrogen-bond donors (Lipinski definition) is 0. The Bertz CT molecular complexity index is 566. The Morgan fingerprint density at radius 1 is 0.955 bits per heavy atom. The van der Waals surface area contributed by atoms with Crippen molar-refractivity contribution in [1.82, 2.24) is 9.96 Å². The van der Waals surface area contributed by atoms with Crippen molar-refractivity contribution in [3.05, 3.63) is 11.3 Å². The van der Waals surface area contributed by atoms with E-state index in [0.29, 0.717) is 0 Å². The first kappa shape index (κ1) is 16.8. The van der Waals surface area contributed by atoms with Gasteiger partial charge in [0.1, 0.15) is 11.2 Å². The van der Waals surface area contributed by atoms with Gasteiger partial charge in [-0.25, -0.2) is 9.59 Å². The summed E-state index contributed by atoms with van der Waals surface area (Å²) in [4.78, 5) is 32.2. The molecule has 1 atom stereocenters. The molecule has 1 saturated heterocycles. The molecule has 0 N–H and O–H groups in total. The molecule has 124 valence electrons. The van der Waals surface area contributed by atoms with Gasteiger partial charge < -0.3 is 14.3 Å². The van der Waals surface area contributed by atoms with Gasteiger partial charge in [-0.15, -0.1) is 5.06 Å². The standard InChI is InChI=1S/C15H24N2O5/c1-13(2)14(3,4)17-15(5,16(13)6)9(11(18)20-7)10(22-17)12(19)21-8/h1-8H3.